The van der Waals surface area contributed by atoms with E-state index >= 15 is 0 Å². The highest BCUT2D eigenvalue weighted by atomic mass is 16.7. The fraction of sp³-hybridized carbons (Fsp3) is 0.333. The van der Waals surface area contributed by atoms with Crippen molar-refractivity contribution in [2.45, 2.75) is 6.92 Å². The minimum atomic E-state index is -0.440. The van der Waals surface area contributed by atoms with Gasteiger partial charge in [-0.25, -0.2) is 4.79 Å². The molecular weight excluding hydrogens is 82.0 g/mol. The van der Waals surface area contributed by atoms with Crippen LogP contribution >= 0.6 is 0 Å². The fourth-order valence-electron chi connectivity index (χ4n) is 0.0909. The third-order valence-electron chi connectivity index (χ3n) is 0.193. The molecule has 0 aromatic carbocycles. The summed E-state index contributed by atoms with van der Waals surface area (Å²) in [6, 6.07) is 0. The highest BCUT2D eigenvalue weighted by Gasteiger charge is 1.81. The molecule has 0 aliphatic rings. The van der Waals surface area contributed by atoms with Gasteiger partial charge >= 0.3 is 5.97 Å². The van der Waals surface area contributed by atoms with Crippen LogP contribution in [-0.4, -0.2) is 12.7 Å². The van der Waals surface area contributed by atoms with Gasteiger partial charge in [0.25, 0.3) is 0 Å². The molecule has 3 nitrogen and oxygen atoms in total. The van der Waals surface area contributed by atoms with Crippen molar-refractivity contribution in [3.05, 3.63) is 0 Å². The average Bonchev–Trinajstić information content (AvgIpc) is 1.35. The van der Waals surface area contributed by atoms with E-state index in [2.05, 4.69) is 16.7 Å². The predicted octanol–water partition coefficient (Wildman–Crippen LogP) is 0.165. The van der Waals surface area contributed by atoms with Crippen molar-refractivity contribution >= 4 is 12.7 Å². The predicted molar refractivity (Wildman–Crippen MR) is 21.3 cm³/mol. The Hall–Kier alpha value is -0.860. The summed E-state index contributed by atoms with van der Waals surface area (Å²) in [7, 11) is 0. The molecule has 0 radical (unpaired) electrons. The van der Waals surface area contributed by atoms with Crippen LogP contribution in [0.4, 0.5) is 0 Å². The lowest BCUT2D eigenvalue weighted by Crippen LogP contribution is -1.87. The summed E-state index contributed by atoms with van der Waals surface area (Å²) >= 11 is 0. The summed E-state index contributed by atoms with van der Waals surface area (Å²) in [6.07, 6.45) is 0. The van der Waals surface area contributed by atoms with Gasteiger partial charge in [0, 0.05) is 13.6 Å². The summed E-state index contributed by atoms with van der Waals surface area (Å²) < 4.78 is 0. The van der Waals surface area contributed by atoms with Crippen molar-refractivity contribution in [3.8, 4) is 0 Å². The number of carbonyl (C=O) groups excluding carboxylic acids is 1. The molecule has 0 aromatic heterocycles. The maximum atomic E-state index is 9.69. The number of oxime groups is 1. The minimum absolute atomic E-state index is 0.440. The lowest BCUT2D eigenvalue weighted by molar-refractivity contribution is -0.140. The van der Waals surface area contributed by atoms with Crippen LogP contribution in [0.15, 0.2) is 5.16 Å². The number of nitrogens with zero attached hydrogens (tertiary/aromatic N) is 1. The molecule has 0 aliphatic carbocycles. The molecule has 0 aromatic rings. The Balaban J connectivity index is 3.05. The van der Waals surface area contributed by atoms with Crippen LogP contribution in [-0.2, 0) is 9.63 Å². The van der Waals surface area contributed by atoms with E-state index < -0.39 is 5.97 Å². The Morgan fingerprint density at radius 2 is 2.50 bits per heavy atom. The van der Waals surface area contributed by atoms with Crippen molar-refractivity contribution in [1.29, 1.82) is 0 Å². The summed E-state index contributed by atoms with van der Waals surface area (Å²) in [5.41, 5.74) is 0. The fourth-order valence-corrected chi connectivity index (χ4v) is 0.0909. The number of carbonyl (C=O) groups is 1. The number of hydrogen-bond donors (Lipinski definition) is 0. The van der Waals surface area contributed by atoms with Crippen molar-refractivity contribution in [2.24, 2.45) is 5.16 Å². The Labute approximate surface area is 35.6 Å². The SMILES string of the molecule is C=NOC(C)=O. The molecule has 0 rings (SSSR count). The van der Waals surface area contributed by atoms with Gasteiger partial charge in [-0.15, -0.1) is 0 Å². The van der Waals surface area contributed by atoms with E-state index in [1.54, 1.807) is 0 Å². The topological polar surface area (TPSA) is 38.7 Å². The zero-order chi connectivity index (χ0) is 4.99. The molecule has 0 amide bonds. The molecule has 0 spiro atoms. The van der Waals surface area contributed by atoms with Crippen LogP contribution in [0.3, 0.4) is 0 Å². The third kappa shape index (κ3) is 3.14. The first kappa shape index (κ1) is 5.14. The average molecular weight is 87.1 g/mol. The van der Waals surface area contributed by atoms with E-state index in [1.807, 2.05) is 0 Å². The van der Waals surface area contributed by atoms with Crippen molar-refractivity contribution in [2.75, 3.05) is 0 Å². The summed E-state index contributed by atoms with van der Waals surface area (Å²) in [5, 5.41) is 2.84. The van der Waals surface area contributed by atoms with Crippen LogP contribution in [0.25, 0.3) is 0 Å². The van der Waals surface area contributed by atoms with Gasteiger partial charge in [0.1, 0.15) is 0 Å². The van der Waals surface area contributed by atoms with E-state index in [0.717, 1.165) is 0 Å². The van der Waals surface area contributed by atoms with E-state index in [1.165, 1.54) is 6.92 Å². The Morgan fingerprint density at radius 1 is 2.00 bits per heavy atom. The number of hydrogen-bond acceptors (Lipinski definition) is 3. The zero-order valence-corrected chi connectivity index (χ0v) is 3.47. The molecule has 0 saturated heterocycles. The first-order valence-electron chi connectivity index (χ1n) is 1.41. The zero-order valence-electron chi connectivity index (χ0n) is 3.47. The normalized spacial score (nSPS) is 6.83. The van der Waals surface area contributed by atoms with Crippen molar-refractivity contribution < 1.29 is 9.63 Å². The Morgan fingerprint density at radius 3 is 2.50 bits per heavy atom. The molecule has 3 heteroatoms. The largest absolute Gasteiger partial charge is 0.331 e. The lowest BCUT2D eigenvalue weighted by Gasteiger charge is -1.80. The molecule has 0 bridgehead atoms. The second-order valence-corrected chi connectivity index (χ2v) is 0.712. The van der Waals surface area contributed by atoms with Crippen molar-refractivity contribution in [3.63, 3.8) is 0 Å². The van der Waals surface area contributed by atoms with Crippen LogP contribution in [0.5, 0.6) is 0 Å². The summed E-state index contributed by atoms with van der Waals surface area (Å²) in [6.45, 7) is 4.17. The molecule has 0 saturated carbocycles. The lowest BCUT2D eigenvalue weighted by atomic mass is 10.8. The van der Waals surface area contributed by atoms with Gasteiger partial charge in [0.05, 0.1) is 0 Å². The van der Waals surface area contributed by atoms with Gasteiger partial charge in [0.15, 0.2) is 0 Å². The van der Waals surface area contributed by atoms with Gasteiger partial charge < -0.3 is 4.84 Å². The van der Waals surface area contributed by atoms with Gasteiger partial charge in [-0.3, -0.25) is 0 Å². The minimum Gasteiger partial charge on any atom is -0.319 e. The maximum absolute atomic E-state index is 9.69. The second-order valence-electron chi connectivity index (χ2n) is 0.712. The first-order chi connectivity index (χ1) is 2.77. The molecule has 0 fully saturated rings. The Bertz CT molecular complexity index is 69.2. The molecule has 0 N–H and O–H groups in total. The van der Waals surface area contributed by atoms with Crippen LogP contribution < -0.4 is 0 Å². The first-order valence-corrected chi connectivity index (χ1v) is 1.41. The summed E-state index contributed by atoms with van der Waals surface area (Å²) in [5.74, 6) is -0.440. The highest BCUT2D eigenvalue weighted by Crippen LogP contribution is 1.69. The van der Waals surface area contributed by atoms with Gasteiger partial charge in [-0.1, -0.05) is 5.16 Å². The number of rotatable bonds is 1. The molecule has 6 heavy (non-hydrogen) atoms. The molecule has 0 atom stereocenters. The monoisotopic (exact) mass is 87.0 g/mol. The van der Waals surface area contributed by atoms with Crippen molar-refractivity contribution in [1.82, 2.24) is 0 Å². The highest BCUT2D eigenvalue weighted by molar-refractivity contribution is 5.65. The molecule has 34 valence electrons. The van der Waals surface area contributed by atoms with E-state index in [-0.39, 0.29) is 0 Å². The molecule has 0 unspecified atom stereocenters. The standard InChI is InChI=1S/C3H5NO2/c1-3(5)6-4-2/h2H2,1H3. The smallest absolute Gasteiger partial charge is 0.319 e. The maximum Gasteiger partial charge on any atom is 0.331 e. The van der Waals surface area contributed by atoms with Gasteiger partial charge in [-0.05, 0) is 0 Å². The molecule has 0 aliphatic heterocycles. The van der Waals surface area contributed by atoms with E-state index in [4.69, 9.17) is 0 Å². The van der Waals surface area contributed by atoms with Gasteiger partial charge in [-0.2, -0.15) is 0 Å². The van der Waals surface area contributed by atoms with E-state index in [9.17, 15) is 4.79 Å². The third-order valence-corrected chi connectivity index (χ3v) is 0.193. The van der Waals surface area contributed by atoms with Crippen LogP contribution in [0.1, 0.15) is 6.92 Å². The summed E-state index contributed by atoms with van der Waals surface area (Å²) in [4.78, 5) is 13.6. The molecule has 0 heterocycles. The second kappa shape index (κ2) is 2.38. The van der Waals surface area contributed by atoms with Gasteiger partial charge in [0.2, 0.25) is 0 Å². The van der Waals surface area contributed by atoms with Crippen LogP contribution in [0.2, 0.25) is 0 Å². The van der Waals surface area contributed by atoms with Crippen LogP contribution in [0, 0.1) is 0 Å². The quantitative estimate of drug-likeness (QED) is 0.259. The molecular formula is C3H5NO2. The van der Waals surface area contributed by atoms with E-state index in [0.29, 0.717) is 0 Å². The Kier molecular flexibility index (Phi) is 2.04.